The van der Waals surface area contributed by atoms with E-state index in [1.165, 1.54) is 40.2 Å². The van der Waals surface area contributed by atoms with Gasteiger partial charge >= 0.3 is 0 Å². The van der Waals surface area contributed by atoms with E-state index >= 15 is 0 Å². The van der Waals surface area contributed by atoms with E-state index in [0.717, 1.165) is 5.56 Å². The molecular weight excluding hydrogens is 359 g/mol. The first-order chi connectivity index (χ1) is 10.0. The second-order valence-corrected chi connectivity index (χ2v) is 6.24. The summed E-state index contributed by atoms with van der Waals surface area (Å²) >= 11 is 4.67. The lowest BCUT2D eigenvalue weighted by molar-refractivity contribution is 0.625. The molecule has 0 N–H and O–H groups in total. The SMILES string of the molecule is CN(Cc1ccc(F)cc1Br)c1nn2c(=O)ccnc2s1. The molecule has 2 aromatic heterocycles. The van der Waals surface area contributed by atoms with Crippen molar-refractivity contribution in [3.05, 3.63) is 56.7 Å². The number of fused-ring (bicyclic) bond motifs is 1. The number of anilines is 1. The lowest BCUT2D eigenvalue weighted by Gasteiger charge is -2.16. The van der Waals surface area contributed by atoms with E-state index in [4.69, 9.17) is 0 Å². The van der Waals surface area contributed by atoms with Crippen LogP contribution in [0, 0.1) is 5.82 Å². The first-order valence-electron chi connectivity index (χ1n) is 6.04. The van der Waals surface area contributed by atoms with Gasteiger partial charge in [-0.1, -0.05) is 33.3 Å². The number of hydrogen-bond donors (Lipinski definition) is 0. The predicted molar refractivity (Wildman–Crippen MR) is 83.3 cm³/mol. The van der Waals surface area contributed by atoms with E-state index < -0.39 is 0 Å². The Hall–Kier alpha value is -1.80. The smallest absolute Gasteiger partial charge is 0.275 e. The molecule has 0 atom stereocenters. The molecule has 0 fully saturated rings. The van der Waals surface area contributed by atoms with Gasteiger partial charge in [0.2, 0.25) is 10.1 Å². The van der Waals surface area contributed by atoms with Crippen LogP contribution in [0.4, 0.5) is 9.52 Å². The molecule has 0 amide bonds. The van der Waals surface area contributed by atoms with Gasteiger partial charge in [-0.3, -0.25) is 4.79 Å². The molecule has 3 rings (SSSR count). The Morgan fingerprint density at radius 3 is 2.95 bits per heavy atom. The maximum absolute atomic E-state index is 13.1. The molecule has 108 valence electrons. The van der Waals surface area contributed by atoms with Crippen molar-refractivity contribution >= 4 is 37.4 Å². The molecule has 0 aliphatic rings. The van der Waals surface area contributed by atoms with Crippen molar-refractivity contribution in [3.63, 3.8) is 0 Å². The molecule has 0 spiro atoms. The van der Waals surface area contributed by atoms with Gasteiger partial charge in [0.05, 0.1) is 0 Å². The first-order valence-corrected chi connectivity index (χ1v) is 7.65. The Labute approximate surface area is 131 Å². The van der Waals surface area contributed by atoms with Gasteiger partial charge in [0, 0.05) is 30.3 Å². The molecule has 8 heteroatoms. The fourth-order valence-electron chi connectivity index (χ4n) is 1.86. The van der Waals surface area contributed by atoms with Gasteiger partial charge in [-0.05, 0) is 17.7 Å². The Morgan fingerprint density at radius 2 is 2.24 bits per heavy atom. The third kappa shape index (κ3) is 2.81. The highest BCUT2D eigenvalue weighted by atomic mass is 79.9. The highest BCUT2D eigenvalue weighted by Gasteiger charge is 2.12. The predicted octanol–water partition coefficient (Wildman–Crippen LogP) is 2.69. The Bertz CT molecular complexity index is 863. The zero-order chi connectivity index (χ0) is 15.0. The van der Waals surface area contributed by atoms with E-state index in [-0.39, 0.29) is 11.4 Å². The van der Waals surface area contributed by atoms with Crippen LogP contribution in [0.3, 0.4) is 0 Å². The minimum atomic E-state index is -0.288. The second-order valence-electron chi connectivity index (χ2n) is 4.45. The highest BCUT2D eigenvalue weighted by Crippen LogP contribution is 2.24. The molecule has 0 aliphatic heterocycles. The van der Waals surface area contributed by atoms with Crippen LogP contribution in [0.15, 0.2) is 39.7 Å². The summed E-state index contributed by atoms with van der Waals surface area (Å²) in [6, 6.07) is 5.92. The standard InChI is InChI=1S/C13H10BrFN4OS/c1-18(7-8-2-3-9(15)6-10(8)14)13-17-19-11(20)4-5-16-12(19)21-13/h2-6H,7H2,1H3. The number of aromatic nitrogens is 3. The number of halogens is 2. The molecule has 0 aliphatic carbocycles. The average molecular weight is 369 g/mol. The maximum Gasteiger partial charge on any atom is 0.275 e. The average Bonchev–Trinajstić information content (AvgIpc) is 2.87. The van der Waals surface area contributed by atoms with Crippen LogP contribution in [-0.4, -0.2) is 21.6 Å². The van der Waals surface area contributed by atoms with Crippen LogP contribution in [0.1, 0.15) is 5.56 Å². The molecule has 0 bridgehead atoms. The van der Waals surface area contributed by atoms with Crippen LogP contribution in [0.25, 0.3) is 4.96 Å². The molecule has 21 heavy (non-hydrogen) atoms. The largest absolute Gasteiger partial charge is 0.345 e. The fraction of sp³-hybridized carbons (Fsp3) is 0.154. The Kier molecular flexibility index (Phi) is 3.73. The van der Waals surface area contributed by atoms with Gasteiger partial charge in [0.15, 0.2) is 0 Å². The molecule has 0 saturated heterocycles. The van der Waals surface area contributed by atoms with Crippen LogP contribution >= 0.6 is 27.3 Å². The summed E-state index contributed by atoms with van der Waals surface area (Å²) in [5.41, 5.74) is 0.720. The van der Waals surface area contributed by atoms with Gasteiger partial charge in [0.1, 0.15) is 5.82 Å². The van der Waals surface area contributed by atoms with Gasteiger partial charge in [-0.15, -0.1) is 5.10 Å². The van der Waals surface area contributed by atoms with Crippen molar-refractivity contribution < 1.29 is 4.39 Å². The van der Waals surface area contributed by atoms with Crippen molar-refractivity contribution in [1.82, 2.24) is 14.6 Å². The second kappa shape index (κ2) is 5.53. The lowest BCUT2D eigenvalue weighted by atomic mass is 10.2. The minimum absolute atomic E-state index is 0.209. The summed E-state index contributed by atoms with van der Waals surface area (Å²) in [5.74, 6) is -0.288. The molecule has 0 saturated carbocycles. The monoisotopic (exact) mass is 368 g/mol. The number of benzene rings is 1. The van der Waals surface area contributed by atoms with E-state index in [1.807, 2.05) is 11.9 Å². The highest BCUT2D eigenvalue weighted by molar-refractivity contribution is 9.10. The summed E-state index contributed by atoms with van der Waals surface area (Å²) in [7, 11) is 1.86. The van der Waals surface area contributed by atoms with Crippen molar-refractivity contribution in [3.8, 4) is 0 Å². The van der Waals surface area contributed by atoms with E-state index in [2.05, 4.69) is 26.0 Å². The van der Waals surface area contributed by atoms with Crippen LogP contribution in [0.2, 0.25) is 0 Å². The third-order valence-electron chi connectivity index (χ3n) is 2.91. The summed E-state index contributed by atoms with van der Waals surface area (Å²) in [4.78, 5) is 18.2. The van der Waals surface area contributed by atoms with Crippen molar-refractivity contribution in [2.24, 2.45) is 0 Å². The summed E-state index contributed by atoms with van der Waals surface area (Å²) < 4.78 is 15.1. The molecule has 0 radical (unpaired) electrons. The number of rotatable bonds is 3. The minimum Gasteiger partial charge on any atom is -0.345 e. The van der Waals surface area contributed by atoms with E-state index in [1.54, 1.807) is 6.07 Å². The van der Waals surface area contributed by atoms with Gasteiger partial charge in [0.25, 0.3) is 5.56 Å². The molecule has 3 aromatic rings. The molecule has 0 unspecified atom stereocenters. The Balaban J connectivity index is 1.91. The first kappa shape index (κ1) is 14.2. The van der Waals surface area contributed by atoms with Crippen LogP contribution < -0.4 is 10.5 Å². The number of nitrogens with zero attached hydrogens (tertiary/aromatic N) is 4. The van der Waals surface area contributed by atoms with Gasteiger partial charge < -0.3 is 4.90 Å². The van der Waals surface area contributed by atoms with Crippen LogP contribution in [0.5, 0.6) is 0 Å². The van der Waals surface area contributed by atoms with Crippen molar-refractivity contribution in [2.75, 3.05) is 11.9 Å². The third-order valence-corrected chi connectivity index (χ3v) is 4.68. The zero-order valence-corrected chi connectivity index (χ0v) is 13.4. The van der Waals surface area contributed by atoms with Crippen molar-refractivity contribution in [2.45, 2.75) is 6.54 Å². The maximum atomic E-state index is 13.1. The Morgan fingerprint density at radius 1 is 1.43 bits per heavy atom. The van der Waals surface area contributed by atoms with E-state index in [0.29, 0.717) is 21.1 Å². The molecule has 1 aromatic carbocycles. The van der Waals surface area contributed by atoms with Gasteiger partial charge in [-0.2, -0.15) is 4.52 Å². The number of hydrogen-bond acceptors (Lipinski definition) is 5. The van der Waals surface area contributed by atoms with E-state index in [9.17, 15) is 9.18 Å². The zero-order valence-electron chi connectivity index (χ0n) is 11.0. The summed E-state index contributed by atoms with van der Waals surface area (Å²) in [5, 5.41) is 4.92. The molecule has 2 heterocycles. The quantitative estimate of drug-likeness (QED) is 0.713. The topological polar surface area (TPSA) is 50.5 Å². The van der Waals surface area contributed by atoms with Gasteiger partial charge in [-0.25, -0.2) is 9.37 Å². The lowest BCUT2D eigenvalue weighted by Crippen LogP contribution is -2.18. The summed E-state index contributed by atoms with van der Waals surface area (Å²) in [6.07, 6.45) is 1.47. The van der Waals surface area contributed by atoms with Crippen molar-refractivity contribution in [1.29, 1.82) is 0 Å². The van der Waals surface area contributed by atoms with Crippen LogP contribution in [-0.2, 0) is 6.54 Å². The molecular formula is C13H10BrFN4OS. The normalized spacial score (nSPS) is 11.0. The fourth-order valence-corrected chi connectivity index (χ4v) is 3.17. The molecule has 5 nitrogen and oxygen atoms in total. The summed E-state index contributed by atoms with van der Waals surface area (Å²) in [6.45, 7) is 0.537.